The van der Waals surface area contributed by atoms with E-state index in [2.05, 4.69) is 0 Å². The van der Waals surface area contributed by atoms with Crippen molar-refractivity contribution in [3.8, 4) is 0 Å². The van der Waals surface area contributed by atoms with Gasteiger partial charge in [-0.2, -0.15) is 52.7 Å². The second-order valence-corrected chi connectivity index (χ2v) is 9.30. The van der Waals surface area contributed by atoms with Crippen molar-refractivity contribution >= 4 is 13.5 Å². The minimum atomic E-state index is -6.43. The summed E-state index contributed by atoms with van der Waals surface area (Å²) < 4.78 is 156. The summed E-state index contributed by atoms with van der Waals surface area (Å²) in [6.07, 6.45) is -25.0. The summed E-state index contributed by atoms with van der Waals surface area (Å²) in [5, 5.41) is -1.85. The largest absolute Gasteiger partial charge is 0.428 e. The first-order valence-corrected chi connectivity index (χ1v) is 9.27. The Morgan fingerprint density at radius 2 is 0.962 bits per heavy atom. The quantitative estimate of drug-likeness (QED) is 0.488. The predicted molar refractivity (Wildman–Crippen MR) is 65.8 cm³/mol. The molecule has 0 radical (unpaired) electrons. The molecule has 0 unspecified atom stereocenters. The van der Waals surface area contributed by atoms with Gasteiger partial charge in [0.2, 0.25) is 8.32 Å². The maximum Gasteiger partial charge on any atom is 0.417 e. The molecule has 1 rings (SSSR count). The van der Waals surface area contributed by atoms with Crippen LogP contribution in [0.1, 0.15) is 22.3 Å². The van der Waals surface area contributed by atoms with Crippen LogP contribution in [0.5, 0.6) is 0 Å². The summed E-state index contributed by atoms with van der Waals surface area (Å²) in [7, 11) is -4.58. The van der Waals surface area contributed by atoms with Crippen molar-refractivity contribution in [2.75, 3.05) is 0 Å². The molecule has 0 aliphatic carbocycles. The first kappa shape index (κ1) is 22.6. The van der Waals surface area contributed by atoms with Crippen LogP contribution in [0.2, 0.25) is 13.1 Å². The van der Waals surface area contributed by atoms with Gasteiger partial charge in [-0.25, -0.2) is 0 Å². The fourth-order valence-corrected chi connectivity index (χ4v) is 3.64. The van der Waals surface area contributed by atoms with Gasteiger partial charge in [0.1, 0.15) is 0 Å². The van der Waals surface area contributed by atoms with Crippen molar-refractivity contribution in [2.45, 2.75) is 37.8 Å². The Morgan fingerprint density at radius 3 is 1.19 bits per heavy atom. The van der Waals surface area contributed by atoms with Crippen molar-refractivity contribution < 1.29 is 57.5 Å². The first-order valence-electron chi connectivity index (χ1n) is 6.32. The highest BCUT2D eigenvalue weighted by atomic mass is 28.4. The minimum absolute atomic E-state index is 0.547. The van der Waals surface area contributed by atoms with Crippen LogP contribution in [0.25, 0.3) is 0 Å². The summed E-state index contributed by atoms with van der Waals surface area (Å²) in [4.78, 5) is 9.73. The van der Waals surface area contributed by atoms with Crippen molar-refractivity contribution in [3.63, 3.8) is 0 Å². The molecule has 1 aromatic rings. The maximum atomic E-state index is 13.1. The van der Waals surface area contributed by atoms with Gasteiger partial charge in [0.05, 0.1) is 22.3 Å². The summed E-state index contributed by atoms with van der Waals surface area (Å²) in [5.41, 5.74) is -12.9. The molecule has 150 valence electrons. The van der Waals surface area contributed by atoms with Gasteiger partial charge >= 0.3 is 24.7 Å². The molecule has 0 heterocycles. The number of rotatable bonds is 1. The number of halogens is 12. The number of hydrogen-bond donors (Lipinski definition) is 1. The van der Waals surface area contributed by atoms with Crippen LogP contribution >= 0.6 is 0 Å². The van der Waals surface area contributed by atoms with Crippen LogP contribution in [0.3, 0.4) is 0 Å². The summed E-state index contributed by atoms with van der Waals surface area (Å²) in [5.74, 6) is 0. The fraction of sp³-hybridized carbons (Fsp3) is 0.500. The van der Waals surface area contributed by atoms with Crippen LogP contribution in [0, 0.1) is 0 Å². The van der Waals surface area contributed by atoms with Gasteiger partial charge in [0.15, 0.2) is 0 Å². The lowest BCUT2D eigenvalue weighted by molar-refractivity contribution is -0.182. The lowest BCUT2D eigenvalue weighted by atomic mass is 9.93. The molecule has 26 heavy (non-hydrogen) atoms. The molecule has 0 spiro atoms. The highest BCUT2D eigenvalue weighted by Crippen LogP contribution is 2.50. The van der Waals surface area contributed by atoms with E-state index in [4.69, 9.17) is 0 Å². The van der Waals surface area contributed by atoms with E-state index < -0.39 is 66.5 Å². The van der Waals surface area contributed by atoms with Gasteiger partial charge in [-0.05, 0) is 24.3 Å². The van der Waals surface area contributed by atoms with E-state index in [-0.39, 0.29) is 0 Å². The summed E-state index contributed by atoms with van der Waals surface area (Å²) in [6.45, 7) is 1.09. The number of benzene rings is 1. The van der Waals surface area contributed by atoms with E-state index in [1.54, 1.807) is 0 Å². The third-order valence-electron chi connectivity index (χ3n) is 3.14. The molecule has 0 aliphatic rings. The van der Waals surface area contributed by atoms with Crippen molar-refractivity contribution in [1.29, 1.82) is 0 Å². The molecule has 0 bridgehead atoms. The monoisotopic (exact) mass is 424 g/mol. The lowest BCUT2D eigenvalue weighted by Gasteiger charge is -2.29. The molecular weight excluding hydrogens is 416 g/mol. The molecule has 1 nitrogen and oxygen atoms in total. The molecule has 0 saturated carbocycles. The highest BCUT2D eigenvalue weighted by molar-refractivity contribution is 6.83. The molecule has 0 aliphatic heterocycles. The van der Waals surface area contributed by atoms with Gasteiger partial charge < -0.3 is 4.80 Å². The van der Waals surface area contributed by atoms with Crippen LogP contribution in [0.15, 0.2) is 6.07 Å². The fourth-order valence-electron chi connectivity index (χ4n) is 2.26. The van der Waals surface area contributed by atoms with E-state index in [0.29, 0.717) is 13.1 Å². The molecule has 0 aromatic heterocycles. The Kier molecular flexibility index (Phi) is 5.25. The Bertz CT molecular complexity index is 637. The smallest absolute Gasteiger partial charge is 0.417 e. The number of hydrogen-bond acceptors (Lipinski definition) is 1. The summed E-state index contributed by atoms with van der Waals surface area (Å²) >= 11 is 0. The zero-order valence-corrected chi connectivity index (χ0v) is 13.6. The SMILES string of the molecule is C[Si](C)(O)c1cc(C(F)(F)F)c(C(F)(F)F)c(C(F)(F)F)c1C(F)(F)F. The van der Waals surface area contributed by atoms with Gasteiger partial charge in [0, 0.05) is 0 Å². The van der Waals surface area contributed by atoms with E-state index in [1.165, 1.54) is 0 Å². The Balaban J connectivity index is 4.41. The van der Waals surface area contributed by atoms with Crippen LogP contribution in [-0.4, -0.2) is 13.1 Å². The zero-order valence-electron chi connectivity index (χ0n) is 12.6. The molecule has 1 aromatic carbocycles. The molecule has 0 saturated heterocycles. The molecular formula is C12H8F12OSi. The Labute approximate surface area is 138 Å². The average Bonchev–Trinajstić information content (AvgIpc) is 2.30. The topological polar surface area (TPSA) is 20.2 Å². The van der Waals surface area contributed by atoms with Gasteiger partial charge in [-0.1, -0.05) is 0 Å². The summed E-state index contributed by atoms with van der Waals surface area (Å²) in [6, 6.07) is -0.701. The minimum Gasteiger partial charge on any atom is -0.428 e. The third kappa shape index (κ3) is 4.45. The Hall–Kier alpha value is -1.44. The van der Waals surface area contributed by atoms with Crippen molar-refractivity contribution in [2.24, 2.45) is 0 Å². The standard InChI is InChI=1S/C12H8F12OSi/c1-26(2,25)5-3-4(9(13,14)15)6(10(16,17)18)8(12(22,23)24)7(5)11(19,20)21/h3,25H,1-2H3. The van der Waals surface area contributed by atoms with Crippen molar-refractivity contribution in [3.05, 3.63) is 28.3 Å². The van der Waals surface area contributed by atoms with E-state index >= 15 is 0 Å². The van der Waals surface area contributed by atoms with Gasteiger partial charge in [0.25, 0.3) is 0 Å². The van der Waals surface area contributed by atoms with E-state index in [1.807, 2.05) is 0 Å². The van der Waals surface area contributed by atoms with Crippen LogP contribution in [-0.2, 0) is 24.7 Å². The van der Waals surface area contributed by atoms with E-state index in [0.717, 1.165) is 0 Å². The van der Waals surface area contributed by atoms with Crippen LogP contribution < -0.4 is 5.19 Å². The molecule has 1 N–H and O–H groups in total. The lowest BCUT2D eigenvalue weighted by Crippen LogP contribution is -2.48. The predicted octanol–water partition coefficient (Wildman–Crippen LogP) is 5.17. The molecule has 0 atom stereocenters. The maximum absolute atomic E-state index is 13.1. The normalized spacial score (nSPS) is 14.7. The van der Waals surface area contributed by atoms with Gasteiger partial charge in [-0.15, -0.1) is 0 Å². The average molecular weight is 424 g/mol. The van der Waals surface area contributed by atoms with Crippen LogP contribution in [0.4, 0.5) is 52.7 Å². The molecule has 0 amide bonds. The Morgan fingerprint density at radius 1 is 0.615 bits per heavy atom. The third-order valence-corrected chi connectivity index (χ3v) is 4.85. The van der Waals surface area contributed by atoms with Crippen molar-refractivity contribution in [1.82, 2.24) is 0 Å². The number of alkyl halides is 12. The first-order chi connectivity index (χ1) is 11.1. The second-order valence-electron chi connectivity index (χ2n) is 5.65. The molecule has 0 fully saturated rings. The van der Waals surface area contributed by atoms with Gasteiger partial charge in [-0.3, -0.25) is 0 Å². The van der Waals surface area contributed by atoms with E-state index in [9.17, 15) is 57.5 Å². The highest BCUT2D eigenvalue weighted by Gasteiger charge is 2.56. The zero-order chi connectivity index (χ0) is 21.1. The second kappa shape index (κ2) is 6.04. The molecule has 14 heteroatoms.